The summed E-state index contributed by atoms with van der Waals surface area (Å²) in [6.45, 7) is 6.80. The monoisotopic (exact) mass is 555 g/mol. The van der Waals surface area contributed by atoms with Crippen molar-refractivity contribution < 1.29 is 36.6 Å². The van der Waals surface area contributed by atoms with E-state index >= 15 is 0 Å². The standard InChI is InChI=1S/C24H25F4N5O4S/c1-13-20(18(38-33-13)10-15-11-29-12-19(31-15)24(26,27)28)21(34)32-14-5-6-17(16(25)9-14)36-8-7-30-22(35)37-23(2,3)4/h5-6,9,11-12H,7-8,10H2,1-4H3,(H,30,35)(H,32,34). The minimum absolute atomic E-state index is 0.0197. The topological polar surface area (TPSA) is 115 Å². The molecule has 1 aromatic carbocycles. The van der Waals surface area contributed by atoms with E-state index < -0.39 is 35.3 Å². The first kappa shape index (κ1) is 28.8. The third-order valence-electron chi connectivity index (χ3n) is 4.69. The maximum Gasteiger partial charge on any atom is 0.434 e. The van der Waals surface area contributed by atoms with E-state index in [9.17, 15) is 27.2 Å². The van der Waals surface area contributed by atoms with Crippen molar-refractivity contribution in [2.45, 2.75) is 45.9 Å². The van der Waals surface area contributed by atoms with Gasteiger partial charge in [0, 0.05) is 29.2 Å². The number of halogens is 4. The van der Waals surface area contributed by atoms with Crippen molar-refractivity contribution in [3.05, 3.63) is 63.9 Å². The lowest BCUT2D eigenvalue weighted by atomic mass is 10.1. The molecule has 0 bridgehead atoms. The van der Waals surface area contributed by atoms with Gasteiger partial charge in [0.15, 0.2) is 17.3 Å². The SMILES string of the molecule is Cc1nsc(Cc2cncc(C(F)(F)F)n2)c1C(=O)Nc1ccc(OCCNC(=O)OC(C)(C)C)c(F)c1. The Kier molecular flexibility index (Phi) is 8.86. The van der Waals surface area contributed by atoms with Crippen LogP contribution in [-0.4, -0.2) is 45.1 Å². The lowest BCUT2D eigenvalue weighted by Crippen LogP contribution is -2.34. The molecule has 38 heavy (non-hydrogen) atoms. The molecule has 2 aromatic heterocycles. The highest BCUT2D eigenvalue weighted by atomic mass is 32.1. The van der Waals surface area contributed by atoms with Gasteiger partial charge in [0.05, 0.1) is 29.7 Å². The second-order valence-corrected chi connectivity index (χ2v) is 9.87. The summed E-state index contributed by atoms with van der Waals surface area (Å²) in [7, 11) is 0. The highest BCUT2D eigenvalue weighted by molar-refractivity contribution is 7.06. The Morgan fingerprint density at radius 2 is 1.87 bits per heavy atom. The minimum atomic E-state index is -4.65. The van der Waals surface area contributed by atoms with Gasteiger partial charge < -0.3 is 20.1 Å². The molecule has 0 aliphatic rings. The smallest absolute Gasteiger partial charge is 0.434 e. The average molecular weight is 556 g/mol. The van der Waals surface area contributed by atoms with Crippen molar-refractivity contribution in [3.8, 4) is 5.75 Å². The molecule has 3 aromatic rings. The van der Waals surface area contributed by atoms with Crippen molar-refractivity contribution in [3.63, 3.8) is 0 Å². The number of alkyl carbamates (subject to hydrolysis) is 1. The Hall–Kier alpha value is -3.81. The number of anilines is 1. The first-order valence-corrected chi connectivity index (χ1v) is 12.0. The van der Waals surface area contributed by atoms with Crippen LogP contribution >= 0.6 is 11.5 Å². The molecule has 0 spiro atoms. The number of aryl methyl sites for hydroxylation is 1. The molecule has 2 N–H and O–H groups in total. The van der Waals surface area contributed by atoms with Crippen molar-refractivity contribution in [2.24, 2.45) is 0 Å². The molecule has 0 aliphatic heterocycles. The van der Waals surface area contributed by atoms with Crippen LogP contribution in [0.1, 0.15) is 53.1 Å². The molecule has 0 atom stereocenters. The Balaban J connectivity index is 1.62. The van der Waals surface area contributed by atoms with Gasteiger partial charge in [-0.25, -0.2) is 14.2 Å². The van der Waals surface area contributed by atoms with E-state index in [1.807, 2.05) is 0 Å². The molecule has 3 rings (SSSR count). The molecule has 0 saturated carbocycles. The number of nitrogens with one attached hydrogen (secondary N) is 2. The molecular weight excluding hydrogens is 530 g/mol. The molecule has 2 heterocycles. The number of hydrogen-bond acceptors (Lipinski definition) is 8. The molecule has 204 valence electrons. The van der Waals surface area contributed by atoms with Crippen LogP contribution in [0.4, 0.5) is 28.0 Å². The van der Waals surface area contributed by atoms with Gasteiger partial charge in [-0.15, -0.1) is 0 Å². The number of nitrogens with zero attached hydrogens (tertiary/aromatic N) is 3. The van der Waals surface area contributed by atoms with E-state index in [1.54, 1.807) is 27.7 Å². The van der Waals surface area contributed by atoms with Crippen molar-refractivity contribution in [1.29, 1.82) is 0 Å². The number of alkyl halides is 3. The molecule has 0 unspecified atom stereocenters. The van der Waals surface area contributed by atoms with Crippen LogP contribution < -0.4 is 15.4 Å². The highest BCUT2D eigenvalue weighted by Gasteiger charge is 2.33. The van der Waals surface area contributed by atoms with Gasteiger partial charge >= 0.3 is 12.3 Å². The fourth-order valence-electron chi connectivity index (χ4n) is 3.14. The van der Waals surface area contributed by atoms with Crippen LogP contribution in [0, 0.1) is 12.7 Å². The third kappa shape index (κ3) is 8.10. The average Bonchev–Trinajstić information content (AvgIpc) is 3.16. The van der Waals surface area contributed by atoms with Crippen LogP contribution in [0.15, 0.2) is 30.6 Å². The largest absolute Gasteiger partial charge is 0.489 e. The van der Waals surface area contributed by atoms with Gasteiger partial charge in [0.1, 0.15) is 12.2 Å². The van der Waals surface area contributed by atoms with E-state index in [1.165, 1.54) is 18.3 Å². The molecule has 0 radical (unpaired) electrons. The van der Waals surface area contributed by atoms with E-state index in [4.69, 9.17) is 9.47 Å². The molecule has 9 nitrogen and oxygen atoms in total. The zero-order chi connectivity index (χ0) is 28.1. The summed E-state index contributed by atoms with van der Waals surface area (Å²) in [6, 6.07) is 3.79. The number of rotatable bonds is 8. The number of aromatic nitrogens is 3. The Bertz CT molecular complexity index is 1310. The lowest BCUT2D eigenvalue weighted by molar-refractivity contribution is -0.141. The lowest BCUT2D eigenvalue weighted by Gasteiger charge is -2.19. The van der Waals surface area contributed by atoms with Crippen molar-refractivity contribution >= 4 is 29.2 Å². The summed E-state index contributed by atoms with van der Waals surface area (Å²) in [5.74, 6) is -1.45. The predicted octanol–water partition coefficient (Wildman–Crippen LogP) is 5.15. The van der Waals surface area contributed by atoms with Crippen LogP contribution in [0.3, 0.4) is 0 Å². The van der Waals surface area contributed by atoms with Gasteiger partial charge in [0.25, 0.3) is 5.91 Å². The molecule has 14 heteroatoms. The van der Waals surface area contributed by atoms with Gasteiger partial charge in [-0.1, -0.05) is 0 Å². The number of carbonyl (C=O) groups is 2. The number of amides is 2. The molecular formula is C24H25F4N5O4S. The summed E-state index contributed by atoms with van der Waals surface area (Å²) in [6.07, 6.45) is -3.57. The Labute approximate surface area is 219 Å². The number of carbonyl (C=O) groups excluding carboxylic acids is 2. The van der Waals surface area contributed by atoms with E-state index in [2.05, 4.69) is 25.0 Å². The van der Waals surface area contributed by atoms with Crippen LogP contribution in [0.2, 0.25) is 0 Å². The first-order valence-electron chi connectivity index (χ1n) is 11.3. The quantitative estimate of drug-likeness (QED) is 0.292. The number of ether oxygens (including phenoxy) is 2. The van der Waals surface area contributed by atoms with E-state index in [0.29, 0.717) is 16.8 Å². The maximum atomic E-state index is 14.5. The normalized spacial score (nSPS) is 11.7. The summed E-state index contributed by atoms with van der Waals surface area (Å²) in [5.41, 5.74) is -1.13. The van der Waals surface area contributed by atoms with E-state index in [-0.39, 0.29) is 42.3 Å². The van der Waals surface area contributed by atoms with Gasteiger partial charge in [0.2, 0.25) is 0 Å². The van der Waals surface area contributed by atoms with Gasteiger partial charge in [-0.05, 0) is 51.4 Å². The number of benzene rings is 1. The highest BCUT2D eigenvalue weighted by Crippen LogP contribution is 2.28. The fourth-order valence-corrected chi connectivity index (χ4v) is 4.02. The number of hydrogen-bond donors (Lipinski definition) is 2. The fraction of sp³-hybridized carbons (Fsp3) is 0.375. The minimum Gasteiger partial charge on any atom is -0.489 e. The summed E-state index contributed by atoms with van der Waals surface area (Å²) in [5, 5.41) is 5.05. The molecule has 0 saturated heterocycles. The second-order valence-electron chi connectivity index (χ2n) is 9.01. The van der Waals surface area contributed by atoms with Crippen LogP contribution in [0.5, 0.6) is 5.75 Å². The van der Waals surface area contributed by atoms with Crippen molar-refractivity contribution in [1.82, 2.24) is 19.7 Å². The van der Waals surface area contributed by atoms with Crippen LogP contribution in [-0.2, 0) is 17.3 Å². The predicted molar refractivity (Wildman–Crippen MR) is 131 cm³/mol. The molecule has 2 amide bonds. The van der Waals surface area contributed by atoms with Crippen molar-refractivity contribution in [2.75, 3.05) is 18.5 Å². The first-order chi connectivity index (χ1) is 17.7. The molecule has 0 fully saturated rings. The van der Waals surface area contributed by atoms with Gasteiger partial charge in [-0.3, -0.25) is 9.78 Å². The Morgan fingerprint density at radius 1 is 1.13 bits per heavy atom. The molecule has 0 aliphatic carbocycles. The zero-order valence-corrected chi connectivity index (χ0v) is 21.7. The van der Waals surface area contributed by atoms with Crippen LogP contribution in [0.25, 0.3) is 0 Å². The van der Waals surface area contributed by atoms with Gasteiger partial charge in [-0.2, -0.15) is 17.5 Å². The Morgan fingerprint density at radius 3 is 2.53 bits per heavy atom. The zero-order valence-electron chi connectivity index (χ0n) is 20.9. The third-order valence-corrected chi connectivity index (χ3v) is 5.63. The summed E-state index contributed by atoms with van der Waals surface area (Å²) < 4.78 is 67.9. The maximum absolute atomic E-state index is 14.5. The van der Waals surface area contributed by atoms with E-state index in [0.717, 1.165) is 17.6 Å². The summed E-state index contributed by atoms with van der Waals surface area (Å²) >= 11 is 0.952. The summed E-state index contributed by atoms with van der Waals surface area (Å²) in [4.78, 5) is 32.1. The second kappa shape index (κ2) is 11.7.